The molecular weight excluding hydrogens is 532 g/mol. The maximum atomic E-state index is 2.58. The number of benzene rings is 7. The van der Waals surface area contributed by atoms with E-state index in [0.29, 0.717) is 0 Å². The largest absolute Gasteiger partial charge is 0.333 e. The standard InChI is InChI=1S/C42H28N2/c1-2-12-27(13-3-1)43-37-20-10-8-18-34(37)41-39(43)24-25-40-42(41)35-19-9-11-21-38(35)44(40)28-22-23-33-31-16-5-4-14-29(31)30-15-6-7-17-32(30)36(33)26-28/h1-26,40,42H. The third-order valence-electron chi connectivity index (χ3n) is 9.91. The van der Waals surface area contributed by atoms with Crippen molar-refractivity contribution >= 4 is 60.7 Å². The molecule has 206 valence electrons. The minimum absolute atomic E-state index is 0.180. The first kappa shape index (κ1) is 23.9. The first-order valence-electron chi connectivity index (χ1n) is 15.5. The smallest absolute Gasteiger partial charge is 0.0637 e. The maximum Gasteiger partial charge on any atom is 0.0637 e. The topological polar surface area (TPSA) is 8.17 Å². The molecule has 0 fully saturated rings. The maximum absolute atomic E-state index is 2.58. The molecular formula is C42H28N2. The monoisotopic (exact) mass is 560 g/mol. The molecule has 0 amide bonds. The van der Waals surface area contributed by atoms with Crippen molar-refractivity contribution < 1.29 is 0 Å². The number of hydrogen-bond acceptors (Lipinski definition) is 1. The summed E-state index contributed by atoms with van der Waals surface area (Å²) in [7, 11) is 0. The predicted molar refractivity (Wildman–Crippen MR) is 185 cm³/mol. The molecule has 0 N–H and O–H groups in total. The molecule has 2 atom stereocenters. The van der Waals surface area contributed by atoms with Gasteiger partial charge in [0.25, 0.3) is 0 Å². The van der Waals surface area contributed by atoms with Gasteiger partial charge in [0, 0.05) is 28.4 Å². The van der Waals surface area contributed by atoms with E-state index in [0.717, 1.165) is 0 Å². The molecule has 1 aliphatic carbocycles. The molecule has 2 heterocycles. The summed E-state index contributed by atoms with van der Waals surface area (Å²) in [6, 6.07) is 53.7. The molecule has 7 aromatic carbocycles. The van der Waals surface area contributed by atoms with Crippen molar-refractivity contribution in [1.82, 2.24) is 4.57 Å². The van der Waals surface area contributed by atoms with Gasteiger partial charge in [0.05, 0.1) is 17.3 Å². The molecule has 2 unspecified atom stereocenters. The minimum Gasteiger partial charge on any atom is -0.333 e. The van der Waals surface area contributed by atoms with Gasteiger partial charge in [-0.05, 0) is 85.9 Å². The van der Waals surface area contributed by atoms with E-state index < -0.39 is 0 Å². The molecule has 8 aromatic rings. The van der Waals surface area contributed by atoms with Gasteiger partial charge in [0.2, 0.25) is 0 Å². The summed E-state index contributed by atoms with van der Waals surface area (Å²) < 4.78 is 2.44. The number of fused-ring (bicyclic) bond motifs is 13. The van der Waals surface area contributed by atoms with Gasteiger partial charge in [0.1, 0.15) is 0 Å². The van der Waals surface area contributed by atoms with Crippen LogP contribution in [-0.4, -0.2) is 10.6 Å². The SMILES string of the molecule is C1=CC2C(c3ccccc3N2c2ccc3c4ccccc4c4ccccc4c3c2)c2c1n(-c1ccccc1)c1ccccc21. The zero-order valence-corrected chi connectivity index (χ0v) is 24.1. The van der Waals surface area contributed by atoms with Gasteiger partial charge in [-0.3, -0.25) is 0 Å². The van der Waals surface area contributed by atoms with E-state index >= 15 is 0 Å². The summed E-state index contributed by atoms with van der Waals surface area (Å²) in [5.74, 6) is 0.227. The molecule has 0 radical (unpaired) electrons. The van der Waals surface area contributed by atoms with Gasteiger partial charge >= 0.3 is 0 Å². The van der Waals surface area contributed by atoms with Crippen LogP contribution in [0.15, 0.2) is 152 Å². The summed E-state index contributed by atoms with van der Waals surface area (Å²) in [6.07, 6.45) is 4.81. The van der Waals surface area contributed by atoms with E-state index in [1.54, 1.807) is 0 Å². The lowest BCUT2D eigenvalue weighted by Gasteiger charge is -2.31. The average molecular weight is 561 g/mol. The minimum atomic E-state index is 0.180. The highest BCUT2D eigenvalue weighted by molar-refractivity contribution is 6.25. The van der Waals surface area contributed by atoms with Crippen molar-refractivity contribution in [2.45, 2.75) is 12.0 Å². The van der Waals surface area contributed by atoms with Crippen LogP contribution in [0.25, 0.3) is 55.0 Å². The fourth-order valence-electron chi connectivity index (χ4n) is 8.16. The molecule has 0 spiro atoms. The van der Waals surface area contributed by atoms with Gasteiger partial charge in [0.15, 0.2) is 0 Å². The number of nitrogens with zero attached hydrogens (tertiary/aromatic N) is 2. The second-order valence-electron chi connectivity index (χ2n) is 12.1. The van der Waals surface area contributed by atoms with Crippen molar-refractivity contribution in [2.24, 2.45) is 0 Å². The van der Waals surface area contributed by atoms with E-state index in [1.807, 2.05) is 0 Å². The fourth-order valence-corrected chi connectivity index (χ4v) is 8.16. The van der Waals surface area contributed by atoms with Crippen molar-refractivity contribution in [3.05, 3.63) is 168 Å². The van der Waals surface area contributed by atoms with Gasteiger partial charge in [-0.1, -0.05) is 115 Å². The molecule has 0 bridgehead atoms. The average Bonchev–Trinajstić information content (AvgIpc) is 3.61. The third kappa shape index (κ3) is 3.15. The van der Waals surface area contributed by atoms with E-state index in [4.69, 9.17) is 0 Å². The van der Waals surface area contributed by atoms with Crippen LogP contribution in [0.5, 0.6) is 0 Å². The molecule has 2 aliphatic rings. The highest BCUT2D eigenvalue weighted by Gasteiger charge is 2.43. The number of hydrogen-bond donors (Lipinski definition) is 0. The summed E-state index contributed by atoms with van der Waals surface area (Å²) in [6.45, 7) is 0. The van der Waals surface area contributed by atoms with Crippen LogP contribution < -0.4 is 4.90 Å². The van der Waals surface area contributed by atoms with E-state index in [2.05, 4.69) is 167 Å². The summed E-state index contributed by atoms with van der Waals surface area (Å²) in [4.78, 5) is 2.58. The highest BCUT2D eigenvalue weighted by atomic mass is 15.2. The van der Waals surface area contributed by atoms with Crippen LogP contribution in [0.4, 0.5) is 11.4 Å². The molecule has 0 saturated heterocycles. The Labute approximate surface area is 255 Å². The Morgan fingerprint density at radius 3 is 1.80 bits per heavy atom. The normalized spacial score (nSPS) is 17.0. The Morgan fingerprint density at radius 1 is 0.455 bits per heavy atom. The summed E-state index contributed by atoms with van der Waals surface area (Å²) in [5.41, 5.74) is 9.08. The third-order valence-corrected chi connectivity index (χ3v) is 9.91. The lowest BCUT2D eigenvalue weighted by molar-refractivity contribution is 0.726. The predicted octanol–water partition coefficient (Wildman–Crippen LogP) is 10.8. The van der Waals surface area contributed by atoms with Crippen LogP contribution in [-0.2, 0) is 0 Å². The van der Waals surface area contributed by atoms with Crippen LogP contribution in [0.3, 0.4) is 0 Å². The van der Waals surface area contributed by atoms with Gasteiger partial charge in [-0.25, -0.2) is 0 Å². The molecule has 1 aromatic heterocycles. The number of anilines is 2. The first-order valence-corrected chi connectivity index (χ1v) is 15.5. The Kier molecular flexibility index (Phi) is 4.86. The zero-order chi connectivity index (χ0) is 28.8. The summed E-state index contributed by atoms with van der Waals surface area (Å²) >= 11 is 0. The van der Waals surface area contributed by atoms with Crippen molar-refractivity contribution in [2.75, 3.05) is 4.90 Å². The lowest BCUT2D eigenvalue weighted by Crippen LogP contribution is -2.30. The van der Waals surface area contributed by atoms with Crippen molar-refractivity contribution in [3.63, 3.8) is 0 Å². The molecule has 44 heavy (non-hydrogen) atoms. The first-order chi connectivity index (χ1) is 21.9. The van der Waals surface area contributed by atoms with Gasteiger partial charge < -0.3 is 9.47 Å². The molecule has 1 aliphatic heterocycles. The van der Waals surface area contributed by atoms with Crippen LogP contribution in [0, 0.1) is 0 Å². The van der Waals surface area contributed by atoms with E-state index in [-0.39, 0.29) is 12.0 Å². The van der Waals surface area contributed by atoms with Crippen LogP contribution >= 0.6 is 0 Å². The molecule has 0 saturated carbocycles. The van der Waals surface area contributed by atoms with Crippen LogP contribution in [0.2, 0.25) is 0 Å². The molecule has 10 rings (SSSR count). The fraction of sp³-hybridized carbons (Fsp3) is 0.0476. The number of para-hydroxylation sites is 3. The Morgan fingerprint density at radius 2 is 1.05 bits per heavy atom. The number of aromatic nitrogens is 1. The molecule has 2 heteroatoms. The highest BCUT2D eigenvalue weighted by Crippen LogP contribution is 2.54. The van der Waals surface area contributed by atoms with Gasteiger partial charge in [-0.2, -0.15) is 0 Å². The second kappa shape index (κ2) is 8.95. The zero-order valence-electron chi connectivity index (χ0n) is 24.1. The second-order valence-corrected chi connectivity index (χ2v) is 12.1. The van der Waals surface area contributed by atoms with E-state index in [9.17, 15) is 0 Å². The van der Waals surface area contributed by atoms with E-state index in [1.165, 1.54) is 77.1 Å². The quantitative estimate of drug-likeness (QED) is 0.191. The number of rotatable bonds is 2. The Bertz CT molecular complexity index is 2430. The van der Waals surface area contributed by atoms with Crippen molar-refractivity contribution in [1.29, 1.82) is 0 Å². The lowest BCUT2D eigenvalue weighted by atomic mass is 9.82. The summed E-state index contributed by atoms with van der Waals surface area (Å²) in [5, 5.41) is 9.18. The molecule has 2 nitrogen and oxygen atoms in total. The Balaban J connectivity index is 1.22. The van der Waals surface area contributed by atoms with Gasteiger partial charge in [-0.15, -0.1) is 0 Å². The van der Waals surface area contributed by atoms with Crippen molar-refractivity contribution in [3.8, 4) is 5.69 Å². The Hall–Kier alpha value is -5.60. The van der Waals surface area contributed by atoms with Crippen LogP contribution in [0.1, 0.15) is 22.7 Å².